The van der Waals surface area contributed by atoms with Gasteiger partial charge in [0.05, 0.1) is 0 Å². The first kappa shape index (κ1) is 21.9. The molecule has 4 nitrogen and oxygen atoms in total. The highest BCUT2D eigenvalue weighted by Crippen LogP contribution is 2.27. The van der Waals surface area contributed by atoms with Gasteiger partial charge in [0.2, 0.25) is 11.8 Å². The first-order valence-electron chi connectivity index (χ1n) is 9.63. The molecule has 0 aliphatic heterocycles. The summed E-state index contributed by atoms with van der Waals surface area (Å²) in [5.74, 6) is -0.733. The third kappa shape index (κ3) is 5.88. The molecule has 2 aromatic carbocycles. The molecule has 1 fully saturated rings. The van der Waals surface area contributed by atoms with Crippen LogP contribution in [0.25, 0.3) is 0 Å². The van der Waals surface area contributed by atoms with Gasteiger partial charge in [0.15, 0.2) is 0 Å². The molecule has 2 aromatic rings. The maximum Gasteiger partial charge on any atom is 0.247 e. The molecule has 1 saturated carbocycles. The Morgan fingerprint density at radius 2 is 1.52 bits per heavy atom. The van der Waals surface area contributed by atoms with Crippen LogP contribution in [-0.4, -0.2) is 28.6 Å². The number of nitrogens with zero attached hydrogens (tertiary/aromatic N) is 1. The van der Waals surface area contributed by atoms with Crippen molar-refractivity contribution in [2.45, 2.75) is 44.3 Å². The molecule has 1 aliphatic rings. The van der Waals surface area contributed by atoms with Gasteiger partial charge in [0.25, 0.3) is 0 Å². The zero-order chi connectivity index (χ0) is 20.8. The van der Waals surface area contributed by atoms with Crippen molar-refractivity contribution >= 4 is 46.6 Å². The molecule has 1 aliphatic carbocycles. The molecule has 0 radical (unpaired) electrons. The number of alkyl halides is 1. The molecule has 154 valence electrons. The van der Waals surface area contributed by atoms with Crippen molar-refractivity contribution in [3.63, 3.8) is 0 Å². The topological polar surface area (TPSA) is 49.4 Å². The van der Waals surface area contributed by atoms with Crippen LogP contribution in [0, 0.1) is 0 Å². The van der Waals surface area contributed by atoms with E-state index in [1.165, 1.54) is 4.90 Å². The third-order valence-electron chi connectivity index (χ3n) is 5.15. The Labute approximate surface area is 186 Å². The summed E-state index contributed by atoms with van der Waals surface area (Å²) in [6, 6.07) is 13.5. The first-order valence-corrected chi connectivity index (χ1v) is 10.9. The van der Waals surface area contributed by atoms with E-state index >= 15 is 0 Å². The van der Waals surface area contributed by atoms with Crippen LogP contribution in [0.2, 0.25) is 10.0 Å². The van der Waals surface area contributed by atoms with Gasteiger partial charge in [-0.1, -0.05) is 60.3 Å². The van der Waals surface area contributed by atoms with Gasteiger partial charge in [-0.15, -0.1) is 11.6 Å². The Morgan fingerprint density at radius 1 is 0.966 bits per heavy atom. The van der Waals surface area contributed by atoms with Gasteiger partial charge in [-0.3, -0.25) is 9.59 Å². The second kappa shape index (κ2) is 10.3. The Morgan fingerprint density at radius 3 is 2.07 bits per heavy atom. The highest BCUT2D eigenvalue weighted by atomic mass is 35.5. The minimum atomic E-state index is -0.796. The smallest absolute Gasteiger partial charge is 0.247 e. The molecule has 29 heavy (non-hydrogen) atoms. The number of hydrogen-bond acceptors (Lipinski definition) is 2. The molecular weight excluding hydrogens is 431 g/mol. The van der Waals surface area contributed by atoms with Crippen molar-refractivity contribution in [1.29, 1.82) is 0 Å². The zero-order valence-corrected chi connectivity index (χ0v) is 18.2. The van der Waals surface area contributed by atoms with Crippen LogP contribution in [0.1, 0.15) is 42.9 Å². The Bertz CT molecular complexity index is 834. The average Bonchev–Trinajstić information content (AvgIpc) is 3.22. The maximum absolute atomic E-state index is 13.3. The number of rotatable bonds is 7. The number of halogens is 3. The maximum atomic E-state index is 13.3. The van der Waals surface area contributed by atoms with Crippen molar-refractivity contribution in [2.24, 2.45) is 0 Å². The SMILES string of the molecule is O=C(NC1CCCC1)C(c1ccc(Cl)cc1)N(Cc1ccc(Cl)cc1)C(=O)CCl. The molecule has 3 rings (SSSR count). The summed E-state index contributed by atoms with van der Waals surface area (Å²) in [6.07, 6.45) is 4.12. The summed E-state index contributed by atoms with van der Waals surface area (Å²) in [7, 11) is 0. The number of amides is 2. The molecule has 0 bridgehead atoms. The lowest BCUT2D eigenvalue weighted by atomic mass is 10.0. The van der Waals surface area contributed by atoms with E-state index in [4.69, 9.17) is 34.8 Å². The number of hydrogen-bond donors (Lipinski definition) is 1. The predicted molar refractivity (Wildman–Crippen MR) is 117 cm³/mol. The van der Waals surface area contributed by atoms with Gasteiger partial charge in [-0.25, -0.2) is 0 Å². The van der Waals surface area contributed by atoms with Crippen LogP contribution in [0.5, 0.6) is 0 Å². The average molecular weight is 454 g/mol. The quantitative estimate of drug-likeness (QED) is 0.574. The molecule has 0 saturated heterocycles. The van der Waals surface area contributed by atoms with Crippen LogP contribution in [0.4, 0.5) is 0 Å². The van der Waals surface area contributed by atoms with Crippen LogP contribution in [0.3, 0.4) is 0 Å². The Kier molecular flexibility index (Phi) is 7.82. The minimum Gasteiger partial charge on any atom is -0.351 e. The fraction of sp³-hybridized carbons (Fsp3) is 0.364. The number of carbonyl (C=O) groups is 2. The first-order chi connectivity index (χ1) is 14.0. The molecule has 1 unspecified atom stereocenters. The van der Waals surface area contributed by atoms with Gasteiger partial charge in [0.1, 0.15) is 11.9 Å². The highest BCUT2D eigenvalue weighted by molar-refractivity contribution is 6.30. The second-order valence-electron chi connectivity index (χ2n) is 7.23. The molecule has 0 spiro atoms. The largest absolute Gasteiger partial charge is 0.351 e. The fourth-order valence-electron chi connectivity index (χ4n) is 3.65. The number of carbonyl (C=O) groups excluding carboxylic acids is 2. The summed E-state index contributed by atoms with van der Waals surface area (Å²) in [4.78, 5) is 27.6. The van der Waals surface area contributed by atoms with Gasteiger partial charge in [-0.05, 0) is 48.2 Å². The molecule has 7 heteroatoms. The van der Waals surface area contributed by atoms with Gasteiger partial charge in [0, 0.05) is 22.6 Å². The number of benzene rings is 2. The Hall–Kier alpha value is -1.75. The van der Waals surface area contributed by atoms with Crippen molar-refractivity contribution in [2.75, 3.05) is 5.88 Å². The van der Waals surface area contributed by atoms with Crippen LogP contribution in [0.15, 0.2) is 48.5 Å². The summed E-state index contributed by atoms with van der Waals surface area (Å²) in [5.41, 5.74) is 1.55. The van der Waals surface area contributed by atoms with Gasteiger partial charge >= 0.3 is 0 Å². The molecular formula is C22H23Cl3N2O2. The summed E-state index contributed by atoms with van der Waals surface area (Å²) in [5, 5.41) is 4.29. The lowest BCUT2D eigenvalue weighted by molar-refractivity contribution is -0.140. The Balaban J connectivity index is 1.94. The van der Waals surface area contributed by atoms with E-state index in [9.17, 15) is 9.59 Å². The van der Waals surface area contributed by atoms with Crippen molar-refractivity contribution in [3.8, 4) is 0 Å². The van der Waals surface area contributed by atoms with Crippen molar-refractivity contribution in [3.05, 3.63) is 69.7 Å². The van der Waals surface area contributed by atoms with Gasteiger partial charge in [-0.2, -0.15) is 0 Å². The highest BCUT2D eigenvalue weighted by Gasteiger charge is 2.32. The van der Waals surface area contributed by atoms with E-state index in [1.807, 2.05) is 12.1 Å². The lowest BCUT2D eigenvalue weighted by Crippen LogP contribution is -2.46. The molecule has 0 heterocycles. The second-order valence-corrected chi connectivity index (χ2v) is 8.37. The molecule has 2 amide bonds. The van der Waals surface area contributed by atoms with Crippen LogP contribution >= 0.6 is 34.8 Å². The van der Waals surface area contributed by atoms with E-state index in [2.05, 4.69) is 5.32 Å². The van der Waals surface area contributed by atoms with Gasteiger partial charge < -0.3 is 10.2 Å². The fourth-order valence-corrected chi connectivity index (χ4v) is 4.06. The zero-order valence-electron chi connectivity index (χ0n) is 15.9. The minimum absolute atomic E-state index is 0.140. The van der Waals surface area contributed by atoms with Crippen LogP contribution in [-0.2, 0) is 16.1 Å². The number of nitrogens with one attached hydrogen (secondary N) is 1. The summed E-state index contributed by atoms with van der Waals surface area (Å²) < 4.78 is 0. The molecule has 1 atom stereocenters. The van der Waals surface area contributed by atoms with Crippen LogP contribution < -0.4 is 5.32 Å². The van der Waals surface area contributed by atoms with Crippen molar-refractivity contribution in [1.82, 2.24) is 10.2 Å². The van der Waals surface area contributed by atoms with E-state index in [-0.39, 0.29) is 30.3 Å². The van der Waals surface area contributed by atoms with E-state index in [1.54, 1.807) is 36.4 Å². The van der Waals surface area contributed by atoms with Crippen molar-refractivity contribution < 1.29 is 9.59 Å². The molecule has 0 aromatic heterocycles. The lowest BCUT2D eigenvalue weighted by Gasteiger charge is -2.32. The van der Waals surface area contributed by atoms with E-state index in [0.717, 1.165) is 31.2 Å². The van der Waals surface area contributed by atoms with E-state index < -0.39 is 6.04 Å². The normalized spacial score (nSPS) is 15.1. The summed E-state index contributed by atoms with van der Waals surface area (Å²) in [6.45, 7) is 0.244. The predicted octanol–water partition coefficient (Wildman–Crippen LogP) is 5.36. The molecule has 1 N–H and O–H groups in total. The standard InChI is InChI=1S/C22H23Cl3N2O2/c23-13-20(28)27(14-15-5-9-17(24)10-6-15)21(16-7-11-18(25)12-8-16)22(29)26-19-3-1-2-4-19/h5-12,19,21H,1-4,13-14H2,(H,26,29). The monoisotopic (exact) mass is 452 g/mol. The van der Waals surface area contributed by atoms with E-state index in [0.29, 0.717) is 15.6 Å². The third-order valence-corrected chi connectivity index (χ3v) is 5.88. The summed E-state index contributed by atoms with van der Waals surface area (Å²) >= 11 is 17.9.